The van der Waals surface area contributed by atoms with E-state index < -0.39 is 21.9 Å². The molecule has 2 N–H and O–H groups in total. The molecule has 2 rings (SSSR count). The van der Waals surface area contributed by atoms with Crippen LogP contribution in [0.15, 0.2) is 44.9 Å². The van der Waals surface area contributed by atoms with Crippen molar-refractivity contribution >= 4 is 33.8 Å². The van der Waals surface area contributed by atoms with Crippen molar-refractivity contribution in [3.05, 3.63) is 77.5 Å². The quantitative estimate of drug-likeness (QED) is 0.443. The third kappa shape index (κ3) is 4.07. The zero-order valence-electron chi connectivity index (χ0n) is 12.2. The highest BCUT2D eigenvalue weighted by Gasteiger charge is 2.18. The van der Waals surface area contributed by atoms with Crippen LogP contribution in [-0.2, 0) is 0 Å². The van der Waals surface area contributed by atoms with Crippen LogP contribution in [0.3, 0.4) is 0 Å². The molecule has 0 saturated carbocycles. The third-order valence-corrected chi connectivity index (χ3v) is 3.38. The first kappa shape index (κ1) is 17.4. The van der Waals surface area contributed by atoms with Crippen molar-refractivity contribution in [1.82, 2.24) is 9.97 Å². The lowest BCUT2D eigenvalue weighted by atomic mass is 10.1. The van der Waals surface area contributed by atoms with E-state index in [0.29, 0.717) is 11.3 Å². The number of aromatic nitrogens is 2. The molecule has 2 aromatic rings. The molecule has 9 heteroatoms. The highest BCUT2D eigenvalue weighted by molar-refractivity contribution is 9.10. The molecule has 0 aliphatic heterocycles. The minimum atomic E-state index is -1.07. The van der Waals surface area contributed by atoms with Gasteiger partial charge in [0.05, 0.1) is 4.92 Å². The molecule has 124 valence electrons. The topological polar surface area (TPSA) is 118 Å². The molecule has 0 atom stereocenters. The number of aromatic amines is 2. The van der Waals surface area contributed by atoms with Gasteiger partial charge in [0.2, 0.25) is 0 Å². The molecule has 0 aliphatic rings. The smallest absolute Gasteiger partial charge is 0.357 e. The molecule has 1 heterocycles. The SMILES string of the molecule is C=CCOc1ccc(Br)cc1/C=C\c1[nH]c(=O)[nH]c(=O)c1[N+](=O)[O-]. The Bertz CT molecular complexity index is 929. The fourth-order valence-corrected chi connectivity index (χ4v) is 2.28. The summed E-state index contributed by atoms with van der Waals surface area (Å²) in [5.41, 5.74) is -2.25. The molecule has 1 aromatic heterocycles. The summed E-state index contributed by atoms with van der Waals surface area (Å²) in [4.78, 5) is 37.1. The fourth-order valence-electron chi connectivity index (χ4n) is 1.90. The Morgan fingerprint density at radius 3 is 2.71 bits per heavy atom. The van der Waals surface area contributed by atoms with Crippen molar-refractivity contribution in [2.45, 2.75) is 0 Å². The van der Waals surface area contributed by atoms with Crippen LogP contribution in [-0.4, -0.2) is 21.5 Å². The lowest BCUT2D eigenvalue weighted by Crippen LogP contribution is -2.25. The Balaban J connectivity index is 2.50. The van der Waals surface area contributed by atoms with Crippen molar-refractivity contribution in [3.8, 4) is 5.75 Å². The number of hydrogen-bond donors (Lipinski definition) is 2. The summed E-state index contributed by atoms with van der Waals surface area (Å²) in [6, 6.07) is 5.21. The number of nitro groups is 1. The van der Waals surface area contributed by atoms with E-state index in [-0.39, 0.29) is 12.3 Å². The number of H-pyrrole nitrogens is 2. The Morgan fingerprint density at radius 1 is 1.29 bits per heavy atom. The monoisotopic (exact) mass is 393 g/mol. The summed E-state index contributed by atoms with van der Waals surface area (Å²) in [6.45, 7) is 3.84. The molecule has 0 aliphatic carbocycles. The highest BCUT2D eigenvalue weighted by Crippen LogP contribution is 2.25. The van der Waals surface area contributed by atoms with E-state index in [0.717, 1.165) is 4.47 Å². The molecule has 0 unspecified atom stereocenters. The predicted molar refractivity (Wildman–Crippen MR) is 93.1 cm³/mol. The second kappa shape index (κ2) is 7.55. The minimum Gasteiger partial charge on any atom is -0.489 e. The van der Waals surface area contributed by atoms with E-state index >= 15 is 0 Å². The zero-order chi connectivity index (χ0) is 17.7. The Kier molecular flexibility index (Phi) is 5.48. The summed E-state index contributed by atoms with van der Waals surface area (Å²) in [5.74, 6) is 0.518. The largest absolute Gasteiger partial charge is 0.489 e. The lowest BCUT2D eigenvalue weighted by molar-refractivity contribution is -0.386. The van der Waals surface area contributed by atoms with Crippen LogP contribution in [0.1, 0.15) is 11.3 Å². The molecule has 0 radical (unpaired) electrons. The minimum absolute atomic E-state index is 0.205. The number of halogens is 1. The molecule has 8 nitrogen and oxygen atoms in total. The normalized spacial score (nSPS) is 10.7. The Morgan fingerprint density at radius 2 is 2.04 bits per heavy atom. The van der Waals surface area contributed by atoms with Crippen LogP contribution in [0.5, 0.6) is 5.75 Å². The van der Waals surface area contributed by atoms with Gasteiger partial charge in [-0.2, -0.15) is 0 Å². The summed E-state index contributed by atoms with van der Waals surface area (Å²) in [6.07, 6.45) is 4.35. The Labute approximate surface area is 143 Å². The predicted octanol–water partition coefficient (Wildman–Crippen LogP) is 2.47. The Hall–Kier alpha value is -2.94. The fraction of sp³-hybridized carbons (Fsp3) is 0.0667. The van der Waals surface area contributed by atoms with Gasteiger partial charge in [0.1, 0.15) is 18.1 Å². The summed E-state index contributed by atoms with van der Waals surface area (Å²) in [5, 5.41) is 11.0. The van der Waals surface area contributed by atoms with Crippen LogP contribution < -0.4 is 16.0 Å². The van der Waals surface area contributed by atoms with Crippen molar-refractivity contribution in [2.75, 3.05) is 6.61 Å². The number of benzene rings is 1. The summed E-state index contributed by atoms with van der Waals surface area (Å²) in [7, 11) is 0. The standard InChI is InChI=1S/C15H12BrN3O5/c1-2-7-24-12-6-4-10(16)8-9(12)3-5-11-13(19(22)23)14(20)18-15(21)17-11/h2-6,8H,1,7H2,(H2,17,18,20,21)/b5-3-. The van der Waals surface area contributed by atoms with Crippen LogP contribution in [0.4, 0.5) is 5.69 Å². The number of nitrogens with one attached hydrogen (secondary N) is 2. The van der Waals surface area contributed by atoms with Gasteiger partial charge in [0, 0.05) is 10.0 Å². The molecular formula is C15H12BrN3O5. The van der Waals surface area contributed by atoms with E-state index in [4.69, 9.17) is 4.74 Å². The van der Waals surface area contributed by atoms with E-state index in [9.17, 15) is 19.7 Å². The first-order valence-electron chi connectivity index (χ1n) is 6.64. The summed E-state index contributed by atoms with van der Waals surface area (Å²) < 4.78 is 6.26. The molecular weight excluding hydrogens is 382 g/mol. The van der Waals surface area contributed by atoms with Gasteiger partial charge in [-0.15, -0.1) is 0 Å². The lowest BCUT2D eigenvalue weighted by Gasteiger charge is -2.07. The number of hydrogen-bond acceptors (Lipinski definition) is 5. The maximum Gasteiger partial charge on any atom is 0.357 e. The van der Waals surface area contributed by atoms with E-state index in [1.54, 1.807) is 24.3 Å². The molecule has 0 bridgehead atoms. The summed E-state index contributed by atoms with van der Waals surface area (Å²) >= 11 is 3.32. The molecule has 0 spiro atoms. The van der Waals surface area contributed by atoms with E-state index in [1.165, 1.54) is 12.2 Å². The van der Waals surface area contributed by atoms with E-state index in [2.05, 4.69) is 27.5 Å². The van der Waals surface area contributed by atoms with Gasteiger partial charge in [-0.25, -0.2) is 4.79 Å². The first-order valence-corrected chi connectivity index (χ1v) is 7.44. The van der Waals surface area contributed by atoms with Gasteiger partial charge < -0.3 is 9.72 Å². The van der Waals surface area contributed by atoms with Crippen LogP contribution in [0.25, 0.3) is 12.2 Å². The van der Waals surface area contributed by atoms with Crippen LogP contribution >= 0.6 is 15.9 Å². The maximum atomic E-state index is 11.6. The van der Waals surface area contributed by atoms with Gasteiger partial charge in [-0.05, 0) is 30.4 Å². The van der Waals surface area contributed by atoms with Gasteiger partial charge in [0.15, 0.2) is 0 Å². The van der Waals surface area contributed by atoms with Gasteiger partial charge >= 0.3 is 16.9 Å². The maximum absolute atomic E-state index is 11.6. The van der Waals surface area contributed by atoms with Crippen molar-refractivity contribution in [2.24, 2.45) is 0 Å². The van der Waals surface area contributed by atoms with Crippen molar-refractivity contribution in [1.29, 1.82) is 0 Å². The number of nitrogens with zero attached hydrogens (tertiary/aromatic N) is 1. The average Bonchev–Trinajstić information content (AvgIpc) is 2.50. The van der Waals surface area contributed by atoms with Gasteiger partial charge in [-0.1, -0.05) is 28.6 Å². The highest BCUT2D eigenvalue weighted by atomic mass is 79.9. The number of ether oxygens (including phenoxy) is 1. The first-order chi connectivity index (χ1) is 11.4. The molecule has 0 fully saturated rings. The second-order valence-electron chi connectivity index (χ2n) is 4.54. The average molecular weight is 394 g/mol. The van der Waals surface area contributed by atoms with Gasteiger partial charge in [0.25, 0.3) is 0 Å². The van der Waals surface area contributed by atoms with Gasteiger partial charge in [-0.3, -0.25) is 19.9 Å². The zero-order valence-corrected chi connectivity index (χ0v) is 13.8. The molecule has 24 heavy (non-hydrogen) atoms. The molecule has 0 saturated heterocycles. The third-order valence-electron chi connectivity index (χ3n) is 2.89. The van der Waals surface area contributed by atoms with Crippen LogP contribution in [0, 0.1) is 10.1 Å². The van der Waals surface area contributed by atoms with Crippen molar-refractivity contribution in [3.63, 3.8) is 0 Å². The van der Waals surface area contributed by atoms with Crippen LogP contribution in [0.2, 0.25) is 0 Å². The second-order valence-corrected chi connectivity index (χ2v) is 5.46. The molecule has 1 aromatic carbocycles. The van der Waals surface area contributed by atoms with E-state index in [1.807, 2.05) is 4.98 Å². The number of rotatable bonds is 6. The molecule has 0 amide bonds. The van der Waals surface area contributed by atoms with Crippen molar-refractivity contribution < 1.29 is 9.66 Å².